The first-order chi connectivity index (χ1) is 11.1. The molecule has 0 aromatic rings. The molecule has 0 heterocycles. The van der Waals surface area contributed by atoms with Gasteiger partial charge in [-0.3, -0.25) is 0 Å². The maximum absolute atomic E-state index is 5.66. The molecule has 0 aliphatic rings. The van der Waals surface area contributed by atoms with Gasteiger partial charge in [-0.05, 0) is 36.8 Å². The van der Waals surface area contributed by atoms with Crippen LogP contribution >= 0.6 is 0 Å². The first-order valence-electron chi connectivity index (χ1n) is 9.59. The second-order valence-corrected chi connectivity index (χ2v) is 8.89. The maximum Gasteiger partial charge on any atom is 0.0701 e. The molecular formula is C20H43NO3. The molecule has 0 unspecified atom stereocenters. The topological polar surface area (TPSA) is 30.9 Å². The van der Waals surface area contributed by atoms with E-state index in [1.54, 1.807) is 0 Å². The number of hydrogen-bond acceptors (Lipinski definition) is 4. The predicted octanol–water partition coefficient (Wildman–Crippen LogP) is 4.23. The standard InChI is InChI=1S/C20H43NO3/c1-8-21(11-9-19(2,3)4)12-14-23-16-18-24-17-15-22-13-10-20(5,6)7/h8-18H2,1-7H3. The van der Waals surface area contributed by atoms with Gasteiger partial charge in [-0.25, -0.2) is 0 Å². The molecule has 0 fully saturated rings. The molecule has 0 atom stereocenters. The van der Waals surface area contributed by atoms with Gasteiger partial charge in [0.1, 0.15) is 0 Å². The van der Waals surface area contributed by atoms with Crippen molar-refractivity contribution in [2.24, 2.45) is 10.8 Å². The lowest BCUT2D eigenvalue weighted by Gasteiger charge is -2.25. The highest BCUT2D eigenvalue weighted by Crippen LogP contribution is 2.18. The van der Waals surface area contributed by atoms with Crippen LogP contribution in [0.2, 0.25) is 0 Å². The van der Waals surface area contributed by atoms with Crippen LogP contribution in [0, 0.1) is 10.8 Å². The number of nitrogens with zero attached hydrogens (tertiary/aromatic N) is 1. The van der Waals surface area contributed by atoms with E-state index in [0.29, 0.717) is 37.3 Å². The third kappa shape index (κ3) is 18.2. The molecule has 0 aliphatic carbocycles. The first-order valence-corrected chi connectivity index (χ1v) is 9.59. The number of likely N-dealkylation sites (N-methyl/N-ethyl adjacent to an activating group) is 1. The number of hydrogen-bond donors (Lipinski definition) is 0. The molecule has 0 aromatic heterocycles. The van der Waals surface area contributed by atoms with E-state index in [9.17, 15) is 0 Å². The molecule has 0 rings (SSSR count). The zero-order valence-electron chi connectivity index (χ0n) is 17.5. The van der Waals surface area contributed by atoms with Gasteiger partial charge >= 0.3 is 0 Å². The summed E-state index contributed by atoms with van der Waals surface area (Å²) in [6, 6.07) is 0. The SMILES string of the molecule is CCN(CCOCCOCCOCCC(C)(C)C)CCC(C)(C)C. The fourth-order valence-electron chi connectivity index (χ4n) is 2.04. The normalized spacial score (nSPS) is 13.0. The Hall–Kier alpha value is -0.160. The average molecular weight is 346 g/mol. The molecule has 0 spiro atoms. The predicted molar refractivity (Wildman–Crippen MR) is 103 cm³/mol. The lowest BCUT2D eigenvalue weighted by atomic mass is 9.92. The second kappa shape index (κ2) is 13.1. The summed E-state index contributed by atoms with van der Waals surface area (Å²) >= 11 is 0. The third-order valence-corrected chi connectivity index (χ3v) is 3.92. The summed E-state index contributed by atoms with van der Waals surface area (Å²) in [5.74, 6) is 0. The van der Waals surface area contributed by atoms with Crippen molar-refractivity contribution in [2.45, 2.75) is 61.3 Å². The van der Waals surface area contributed by atoms with Crippen molar-refractivity contribution in [3.63, 3.8) is 0 Å². The van der Waals surface area contributed by atoms with Crippen LogP contribution in [-0.4, -0.2) is 64.2 Å². The van der Waals surface area contributed by atoms with Gasteiger partial charge in [0.05, 0.1) is 33.0 Å². The largest absolute Gasteiger partial charge is 0.379 e. The third-order valence-electron chi connectivity index (χ3n) is 3.92. The summed E-state index contributed by atoms with van der Waals surface area (Å²) in [6.45, 7) is 23.2. The Morgan fingerprint density at radius 2 is 1.04 bits per heavy atom. The van der Waals surface area contributed by atoms with Crippen LogP contribution in [0.4, 0.5) is 0 Å². The van der Waals surface area contributed by atoms with E-state index in [-0.39, 0.29) is 0 Å². The van der Waals surface area contributed by atoms with E-state index >= 15 is 0 Å². The highest BCUT2D eigenvalue weighted by molar-refractivity contribution is 4.65. The summed E-state index contributed by atoms with van der Waals surface area (Å²) < 4.78 is 16.8. The van der Waals surface area contributed by atoms with Gasteiger partial charge in [-0.2, -0.15) is 0 Å². The van der Waals surface area contributed by atoms with Crippen LogP contribution in [0.15, 0.2) is 0 Å². The lowest BCUT2D eigenvalue weighted by molar-refractivity contribution is 0.00681. The van der Waals surface area contributed by atoms with Crippen molar-refractivity contribution >= 4 is 0 Å². The molecule has 4 nitrogen and oxygen atoms in total. The average Bonchev–Trinajstić information content (AvgIpc) is 2.45. The summed E-state index contributed by atoms with van der Waals surface area (Å²) in [4.78, 5) is 2.45. The molecule has 4 heteroatoms. The van der Waals surface area contributed by atoms with Crippen LogP contribution in [0.3, 0.4) is 0 Å². The molecule has 0 bridgehead atoms. The molecule has 0 aliphatic heterocycles. The van der Waals surface area contributed by atoms with Crippen molar-refractivity contribution < 1.29 is 14.2 Å². The fraction of sp³-hybridized carbons (Fsp3) is 1.00. The van der Waals surface area contributed by atoms with E-state index in [4.69, 9.17) is 14.2 Å². The zero-order valence-corrected chi connectivity index (χ0v) is 17.5. The first kappa shape index (κ1) is 23.8. The highest BCUT2D eigenvalue weighted by Gasteiger charge is 2.12. The second-order valence-electron chi connectivity index (χ2n) is 8.89. The van der Waals surface area contributed by atoms with Crippen molar-refractivity contribution in [3.8, 4) is 0 Å². The monoisotopic (exact) mass is 345 g/mol. The Kier molecular flexibility index (Phi) is 13.0. The van der Waals surface area contributed by atoms with Gasteiger partial charge < -0.3 is 19.1 Å². The fourth-order valence-corrected chi connectivity index (χ4v) is 2.04. The molecule has 0 amide bonds. The Bertz CT molecular complexity index is 282. The Labute approximate surface area is 151 Å². The molecule has 0 saturated carbocycles. The molecule has 146 valence electrons. The lowest BCUT2D eigenvalue weighted by Crippen LogP contribution is -2.31. The molecule has 0 aromatic carbocycles. The van der Waals surface area contributed by atoms with Gasteiger partial charge in [0, 0.05) is 13.2 Å². The molecule has 24 heavy (non-hydrogen) atoms. The van der Waals surface area contributed by atoms with Crippen molar-refractivity contribution in [1.29, 1.82) is 0 Å². The molecule has 0 N–H and O–H groups in total. The van der Waals surface area contributed by atoms with Gasteiger partial charge in [0.15, 0.2) is 0 Å². The smallest absolute Gasteiger partial charge is 0.0701 e. The minimum atomic E-state index is 0.341. The molecular weight excluding hydrogens is 302 g/mol. The summed E-state index contributed by atoms with van der Waals surface area (Å²) in [7, 11) is 0. The quantitative estimate of drug-likeness (QED) is 0.441. The Morgan fingerprint density at radius 1 is 0.583 bits per heavy atom. The van der Waals surface area contributed by atoms with Gasteiger partial charge in [0.25, 0.3) is 0 Å². The summed E-state index contributed by atoms with van der Waals surface area (Å²) in [5, 5.41) is 0. The number of rotatable bonds is 14. The molecule has 0 saturated heterocycles. The highest BCUT2D eigenvalue weighted by atomic mass is 16.5. The maximum atomic E-state index is 5.66. The van der Waals surface area contributed by atoms with E-state index in [2.05, 4.69) is 53.4 Å². The Balaban J connectivity index is 3.37. The minimum Gasteiger partial charge on any atom is -0.379 e. The van der Waals surface area contributed by atoms with Crippen molar-refractivity contribution in [3.05, 3.63) is 0 Å². The van der Waals surface area contributed by atoms with E-state index in [1.807, 2.05) is 0 Å². The molecule has 0 radical (unpaired) electrons. The van der Waals surface area contributed by atoms with Gasteiger partial charge in [-0.1, -0.05) is 48.5 Å². The minimum absolute atomic E-state index is 0.341. The van der Waals surface area contributed by atoms with E-state index in [0.717, 1.165) is 39.3 Å². The van der Waals surface area contributed by atoms with Crippen molar-refractivity contribution in [1.82, 2.24) is 4.90 Å². The van der Waals surface area contributed by atoms with E-state index in [1.165, 1.54) is 6.42 Å². The summed E-state index contributed by atoms with van der Waals surface area (Å²) in [6.07, 6.45) is 2.30. The number of ether oxygens (including phenoxy) is 3. The van der Waals surface area contributed by atoms with Crippen LogP contribution in [0.25, 0.3) is 0 Å². The van der Waals surface area contributed by atoms with Crippen LogP contribution in [0.5, 0.6) is 0 Å². The van der Waals surface area contributed by atoms with Crippen LogP contribution in [-0.2, 0) is 14.2 Å². The van der Waals surface area contributed by atoms with Crippen molar-refractivity contribution in [2.75, 3.05) is 59.3 Å². The van der Waals surface area contributed by atoms with Gasteiger partial charge in [-0.15, -0.1) is 0 Å². The van der Waals surface area contributed by atoms with E-state index < -0.39 is 0 Å². The zero-order chi connectivity index (χ0) is 18.5. The van der Waals surface area contributed by atoms with Crippen LogP contribution < -0.4 is 0 Å². The van der Waals surface area contributed by atoms with Gasteiger partial charge in [0.2, 0.25) is 0 Å². The summed E-state index contributed by atoms with van der Waals surface area (Å²) in [5.41, 5.74) is 0.741. The Morgan fingerprint density at radius 3 is 1.50 bits per heavy atom. The van der Waals surface area contributed by atoms with Crippen LogP contribution in [0.1, 0.15) is 61.3 Å².